The second kappa shape index (κ2) is 13.4. The van der Waals surface area contributed by atoms with Crippen molar-refractivity contribution in [2.24, 2.45) is 0 Å². The molecule has 0 radical (unpaired) electrons. The van der Waals surface area contributed by atoms with Gasteiger partial charge < -0.3 is 44.8 Å². The summed E-state index contributed by atoms with van der Waals surface area (Å²) >= 11 is 0. The standard InChI is InChI=1S/C27H37N10O6P/c1-15(2)42-18-9-21(43-19(18)11-41-44(39,40)16(3)4)37-10-17(22-24(28)32-13-36-27(22)37)5-6-20(38)29-7-8-30-25-23-26(33-12-31-23)35-14-34-25/h5-6,10,12-16,18-19,21H,7-9,11H2,1-4H3,(H,29,38)(H,39,40)(H2,28,32,36)(H2,30,31,33,34,35)/b6-5+/t18-,19-,21-/m1/s1. The molecule has 1 aliphatic heterocycles. The van der Waals surface area contributed by atoms with Crippen LogP contribution >= 0.6 is 7.60 Å². The Morgan fingerprint density at radius 1 is 1.23 bits per heavy atom. The molecular weight excluding hydrogens is 591 g/mol. The molecule has 4 aromatic rings. The van der Waals surface area contributed by atoms with Gasteiger partial charge in [-0.2, -0.15) is 0 Å². The van der Waals surface area contributed by atoms with Crippen LogP contribution in [-0.2, 0) is 23.4 Å². The number of rotatable bonds is 13. The number of aromatic nitrogens is 7. The molecular formula is C27H37N10O6P. The Hall–Kier alpha value is -3.95. The van der Waals surface area contributed by atoms with E-state index in [-0.39, 0.29) is 24.4 Å². The van der Waals surface area contributed by atoms with Gasteiger partial charge in [0, 0.05) is 37.3 Å². The van der Waals surface area contributed by atoms with Crippen LogP contribution in [-0.4, -0.2) is 88.9 Å². The van der Waals surface area contributed by atoms with Crippen molar-refractivity contribution in [3.63, 3.8) is 0 Å². The highest BCUT2D eigenvalue weighted by Crippen LogP contribution is 2.48. The third-order valence-corrected chi connectivity index (χ3v) is 8.86. The Morgan fingerprint density at radius 3 is 2.80 bits per heavy atom. The van der Waals surface area contributed by atoms with Crippen molar-refractivity contribution >= 4 is 53.4 Å². The summed E-state index contributed by atoms with van der Waals surface area (Å²) in [4.78, 5) is 46.7. The lowest BCUT2D eigenvalue weighted by Gasteiger charge is -2.23. The van der Waals surface area contributed by atoms with Crippen LogP contribution in [0.2, 0.25) is 0 Å². The quantitative estimate of drug-likeness (QED) is 0.0818. The van der Waals surface area contributed by atoms with Gasteiger partial charge in [0.15, 0.2) is 11.5 Å². The molecule has 0 aromatic carbocycles. The molecule has 0 saturated carbocycles. The number of nitrogens with two attached hydrogens (primary N) is 1. The van der Waals surface area contributed by atoms with Crippen molar-refractivity contribution in [1.82, 2.24) is 39.8 Å². The van der Waals surface area contributed by atoms with Crippen LogP contribution < -0.4 is 16.4 Å². The first kappa shape index (κ1) is 31.5. The van der Waals surface area contributed by atoms with Crippen LogP contribution in [0, 0.1) is 0 Å². The highest BCUT2D eigenvalue weighted by atomic mass is 31.2. The van der Waals surface area contributed by atoms with Crippen molar-refractivity contribution in [2.45, 2.75) is 64.3 Å². The predicted molar refractivity (Wildman–Crippen MR) is 164 cm³/mol. The minimum absolute atomic E-state index is 0.102. The number of amides is 1. The van der Waals surface area contributed by atoms with Crippen LogP contribution in [0.5, 0.6) is 0 Å². The second-order valence-corrected chi connectivity index (χ2v) is 13.3. The summed E-state index contributed by atoms with van der Waals surface area (Å²) in [6.45, 7) is 7.73. The molecule has 1 aliphatic rings. The summed E-state index contributed by atoms with van der Waals surface area (Å²) in [7, 11) is -3.80. The van der Waals surface area contributed by atoms with Gasteiger partial charge in [-0.25, -0.2) is 24.9 Å². The first-order valence-electron chi connectivity index (χ1n) is 14.3. The molecule has 44 heavy (non-hydrogen) atoms. The topological polar surface area (TPSA) is 217 Å². The van der Waals surface area contributed by atoms with Crippen molar-refractivity contribution in [2.75, 3.05) is 30.7 Å². The maximum atomic E-state index is 12.6. The largest absolute Gasteiger partial charge is 0.383 e. The Bertz CT molecular complexity index is 1690. The number of aromatic amines is 1. The van der Waals surface area contributed by atoms with E-state index in [2.05, 4.69) is 40.5 Å². The molecule has 1 fully saturated rings. The van der Waals surface area contributed by atoms with E-state index in [1.807, 2.05) is 18.4 Å². The zero-order valence-electron chi connectivity index (χ0n) is 24.9. The molecule has 0 aliphatic carbocycles. The van der Waals surface area contributed by atoms with Crippen molar-refractivity contribution < 1.29 is 28.3 Å². The molecule has 17 heteroatoms. The van der Waals surface area contributed by atoms with Crippen LogP contribution in [0.3, 0.4) is 0 Å². The van der Waals surface area contributed by atoms with E-state index in [1.54, 1.807) is 32.4 Å². The van der Waals surface area contributed by atoms with Gasteiger partial charge in [0.2, 0.25) is 5.91 Å². The number of nitrogen functional groups attached to an aromatic ring is 1. The Morgan fingerprint density at radius 2 is 2.02 bits per heavy atom. The van der Waals surface area contributed by atoms with Crippen LogP contribution in [0.25, 0.3) is 28.3 Å². The van der Waals surface area contributed by atoms with E-state index in [0.717, 1.165) is 0 Å². The van der Waals surface area contributed by atoms with E-state index >= 15 is 0 Å². The lowest BCUT2D eigenvalue weighted by molar-refractivity contribution is -0.116. The number of hydrogen-bond acceptors (Lipinski definition) is 12. The smallest absolute Gasteiger partial charge is 0.330 e. The lowest BCUT2D eigenvalue weighted by atomic mass is 10.2. The summed E-state index contributed by atoms with van der Waals surface area (Å²) < 4.78 is 32.0. The third-order valence-electron chi connectivity index (χ3n) is 7.04. The van der Waals surface area contributed by atoms with Crippen molar-refractivity contribution in [3.05, 3.63) is 36.8 Å². The molecule has 16 nitrogen and oxygen atoms in total. The van der Waals surface area contributed by atoms with Crippen LogP contribution in [0.4, 0.5) is 11.6 Å². The SMILES string of the molecule is CC(C)O[C@@H]1C[C@H](n2cc(/C=C/C(=O)NCCNc3ncnc4nc[nH]c34)c3c(N)ncnc32)O[C@@H]1COP(=O)(O)C(C)C. The van der Waals surface area contributed by atoms with Crippen molar-refractivity contribution in [1.29, 1.82) is 0 Å². The number of imidazole rings is 1. The number of carbonyl (C=O) groups is 1. The van der Waals surface area contributed by atoms with Gasteiger partial charge >= 0.3 is 7.60 Å². The Balaban J connectivity index is 1.27. The predicted octanol–water partition coefficient (Wildman–Crippen LogP) is 2.61. The first-order valence-corrected chi connectivity index (χ1v) is 15.9. The molecule has 5 heterocycles. The van der Waals surface area contributed by atoms with E-state index < -0.39 is 31.7 Å². The van der Waals surface area contributed by atoms with Gasteiger partial charge in [-0.3, -0.25) is 9.36 Å². The molecule has 4 atom stereocenters. The maximum Gasteiger partial charge on any atom is 0.330 e. The van der Waals surface area contributed by atoms with Gasteiger partial charge in [-0.15, -0.1) is 0 Å². The molecule has 1 amide bonds. The highest BCUT2D eigenvalue weighted by molar-refractivity contribution is 7.53. The first-order chi connectivity index (χ1) is 21.0. The number of fused-ring (bicyclic) bond motifs is 2. The average molecular weight is 629 g/mol. The van der Waals surface area contributed by atoms with E-state index in [4.69, 9.17) is 19.7 Å². The number of H-pyrrole nitrogens is 1. The summed E-state index contributed by atoms with van der Waals surface area (Å²) in [6.07, 6.45) is 7.96. The van der Waals surface area contributed by atoms with Gasteiger partial charge in [-0.05, 0) is 19.9 Å². The Labute approximate surface area is 253 Å². The van der Waals surface area contributed by atoms with Gasteiger partial charge in [0.1, 0.15) is 42.0 Å². The monoisotopic (exact) mass is 628 g/mol. The van der Waals surface area contributed by atoms with Crippen LogP contribution in [0.15, 0.2) is 31.3 Å². The Kier molecular flexibility index (Phi) is 9.56. The number of nitrogens with one attached hydrogen (secondary N) is 3. The van der Waals surface area contributed by atoms with E-state index in [9.17, 15) is 14.3 Å². The summed E-state index contributed by atoms with van der Waals surface area (Å²) in [5.41, 5.74) is 8.06. The molecule has 236 valence electrons. The lowest BCUT2D eigenvalue weighted by Crippen LogP contribution is -2.31. The highest BCUT2D eigenvalue weighted by Gasteiger charge is 2.40. The van der Waals surface area contributed by atoms with E-state index in [0.29, 0.717) is 53.1 Å². The summed E-state index contributed by atoms with van der Waals surface area (Å²) in [5.74, 6) is 0.532. The molecule has 5 rings (SSSR count). The fraction of sp³-hybridized carbons (Fsp3) is 0.481. The second-order valence-electron chi connectivity index (χ2n) is 10.9. The van der Waals surface area contributed by atoms with Gasteiger partial charge in [0.25, 0.3) is 0 Å². The number of nitrogens with zero attached hydrogens (tertiary/aromatic N) is 6. The zero-order chi connectivity index (χ0) is 31.4. The fourth-order valence-corrected chi connectivity index (χ4v) is 5.48. The molecule has 0 spiro atoms. The summed E-state index contributed by atoms with van der Waals surface area (Å²) in [5, 5.41) is 6.54. The van der Waals surface area contributed by atoms with Crippen molar-refractivity contribution in [3.8, 4) is 0 Å². The minimum Gasteiger partial charge on any atom is -0.383 e. The normalized spacial score (nSPS) is 20.3. The summed E-state index contributed by atoms with van der Waals surface area (Å²) in [6, 6.07) is 0. The number of ether oxygens (including phenoxy) is 2. The number of anilines is 2. The average Bonchev–Trinajstić information content (AvgIpc) is 3.70. The molecule has 0 bridgehead atoms. The van der Waals surface area contributed by atoms with Gasteiger partial charge in [-0.1, -0.05) is 13.8 Å². The molecule has 1 unspecified atom stereocenters. The fourth-order valence-electron chi connectivity index (χ4n) is 4.82. The molecule has 6 N–H and O–H groups in total. The maximum absolute atomic E-state index is 12.6. The minimum atomic E-state index is -3.80. The third kappa shape index (κ3) is 7.05. The number of hydrogen-bond donors (Lipinski definition) is 5. The van der Waals surface area contributed by atoms with Gasteiger partial charge in [0.05, 0.1) is 36.2 Å². The molecule has 1 saturated heterocycles. The zero-order valence-corrected chi connectivity index (χ0v) is 25.8. The van der Waals surface area contributed by atoms with Crippen LogP contribution in [0.1, 0.15) is 45.9 Å². The van der Waals surface area contributed by atoms with E-state index in [1.165, 1.54) is 18.7 Å². The molecule has 4 aromatic heterocycles. The number of carbonyl (C=O) groups excluding carboxylic acids is 1.